The number of anilines is 1. The number of aliphatic hydroxyl groups excluding tert-OH is 1. The van der Waals surface area contributed by atoms with Crippen molar-refractivity contribution in [3.63, 3.8) is 0 Å². The number of thioether (sulfide) groups is 1. The minimum Gasteiger partial charge on any atom is -0.507 e. The number of ketones is 1. The van der Waals surface area contributed by atoms with Gasteiger partial charge in [0.15, 0.2) is 4.34 Å². The molecule has 3 aromatic carbocycles. The molecule has 1 atom stereocenters. The minimum absolute atomic E-state index is 0.0438. The van der Waals surface area contributed by atoms with Crippen molar-refractivity contribution in [3.05, 3.63) is 106 Å². The molecule has 0 spiro atoms. The number of hydrogen-bond acceptors (Lipinski definition) is 8. The van der Waals surface area contributed by atoms with E-state index in [2.05, 4.69) is 10.2 Å². The summed E-state index contributed by atoms with van der Waals surface area (Å²) in [6.07, 6.45) is 0. The van der Waals surface area contributed by atoms with Gasteiger partial charge in [0.05, 0.1) is 18.7 Å². The number of aryl methyl sites for hydroxylation is 2. The minimum atomic E-state index is -0.961. The molecular formula is C29H24FN3O4S2. The van der Waals surface area contributed by atoms with Gasteiger partial charge in [-0.1, -0.05) is 71.1 Å². The van der Waals surface area contributed by atoms with Gasteiger partial charge in [0.1, 0.15) is 17.3 Å². The summed E-state index contributed by atoms with van der Waals surface area (Å²) in [6, 6.07) is 18.0. The highest BCUT2D eigenvalue weighted by Gasteiger charge is 2.48. The van der Waals surface area contributed by atoms with E-state index in [0.29, 0.717) is 32.5 Å². The Hall–Kier alpha value is -4.02. The maximum Gasteiger partial charge on any atom is 0.301 e. The summed E-state index contributed by atoms with van der Waals surface area (Å²) in [5.41, 5.74) is 3.17. The van der Waals surface area contributed by atoms with Gasteiger partial charge in [-0.15, -0.1) is 10.2 Å². The first-order valence-corrected chi connectivity index (χ1v) is 13.8. The maximum absolute atomic E-state index is 14.1. The Kier molecular flexibility index (Phi) is 7.49. The molecule has 39 heavy (non-hydrogen) atoms. The van der Waals surface area contributed by atoms with Crippen molar-refractivity contribution in [2.75, 3.05) is 12.0 Å². The van der Waals surface area contributed by atoms with Crippen molar-refractivity contribution in [2.45, 2.75) is 30.0 Å². The Morgan fingerprint density at radius 1 is 1.08 bits per heavy atom. The van der Waals surface area contributed by atoms with Crippen LogP contribution in [0.2, 0.25) is 0 Å². The predicted molar refractivity (Wildman–Crippen MR) is 150 cm³/mol. The number of halogens is 1. The number of aliphatic hydroxyl groups is 1. The van der Waals surface area contributed by atoms with E-state index in [0.717, 1.165) is 22.5 Å². The molecule has 4 aromatic rings. The fourth-order valence-corrected chi connectivity index (χ4v) is 6.26. The maximum atomic E-state index is 14.1. The van der Waals surface area contributed by atoms with Gasteiger partial charge < -0.3 is 9.84 Å². The Labute approximate surface area is 233 Å². The van der Waals surface area contributed by atoms with Crippen LogP contribution in [0.1, 0.15) is 33.9 Å². The SMILES string of the molecule is COc1cccc(C2/C(=C(\O)c3cc(C)ccc3C)C(=O)C(=O)N2c2nnc(SCc3ccccc3F)s2)c1. The predicted octanol–water partition coefficient (Wildman–Crippen LogP) is 6.22. The summed E-state index contributed by atoms with van der Waals surface area (Å²) in [4.78, 5) is 28.2. The Bertz CT molecular complexity index is 1620. The molecule has 7 nitrogen and oxygen atoms in total. The van der Waals surface area contributed by atoms with Crippen molar-refractivity contribution in [3.8, 4) is 5.75 Å². The summed E-state index contributed by atoms with van der Waals surface area (Å²) >= 11 is 2.40. The zero-order valence-corrected chi connectivity index (χ0v) is 23.0. The third kappa shape index (κ3) is 5.17. The second-order valence-corrected chi connectivity index (χ2v) is 11.2. The number of amides is 1. The van der Waals surface area contributed by atoms with Gasteiger partial charge in [0.2, 0.25) is 5.13 Å². The first kappa shape index (κ1) is 26.6. The number of aromatic nitrogens is 2. The number of carbonyl (C=O) groups is 2. The lowest BCUT2D eigenvalue weighted by molar-refractivity contribution is -0.132. The highest BCUT2D eigenvalue weighted by atomic mass is 32.2. The molecule has 0 radical (unpaired) electrons. The number of rotatable bonds is 7. The lowest BCUT2D eigenvalue weighted by Crippen LogP contribution is -2.29. The summed E-state index contributed by atoms with van der Waals surface area (Å²) in [5.74, 6) is -1.36. The average molecular weight is 562 g/mol. The lowest BCUT2D eigenvalue weighted by Gasteiger charge is -2.23. The number of hydrogen-bond donors (Lipinski definition) is 1. The van der Waals surface area contributed by atoms with Gasteiger partial charge >= 0.3 is 5.91 Å². The van der Waals surface area contributed by atoms with Crippen LogP contribution in [0.5, 0.6) is 5.75 Å². The Balaban J connectivity index is 1.59. The van der Waals surface area contributed by atoms with Gasteiger partial charge in [0, 0.05) is 11.3 Å². The fourth-order valence-electron chi connectivity index (χ4n) is 4.41. The Morgan fingerprint density at radius 2 is 1.87 bits per heavy atom. The number of Topliss-reactive ketones (excluding diaryl/α,β-unsaturated/α-hetero) is 1. The molecule has 1 saturated heterocycles. The third-order valence-electron chi connectivity index (χ3n) is 6.41. The van der Waals surface area contributed by atoms with Crippen LogP contribution < -0.4 is 9.64 Å². The first-order valence-electron chi connectivity index (χ1n) is 12.0. The molecule has 1 aliphatic heterocycles. The second-order valence-electron chi connectivity index (χ2n) is 8.99. The molecule has 198 valence electrons. The molecular weight excluding hydrogens is 537 g/mol. The molecule has 0 aliphatic carbocycles. The van der Waals surface area contributed by atoms with Gasteiger partial charge in [-0.25, -0.2) is 4.39 Å². The zero-order chi connectivity index (χ0) is 27.7. The molecule has 1 aromatic heterocycles. The van der Waals surface area contributed by atoms with Crippen LogP contribution in [-0.2, 0) is 15.3 Å². The van der Waals surface area contributed by atoms with E-state index < -0.39 is 17.7 Å². The van der Waals surface area contributed by atoms with E-state index in [1.165, 1.54) is 29.8 Å². The van der Waals surface area contributed by atoms with Crippen LogP contribution in [0, 0.1) is 19.7 Å². The van der Waals surface area contributed by atoms with Gasteiger partial charge in [-0.3, -0.25) is 14.5 Å². The van der Waals surface area contributed by atoms with E-state index in [9.17, 15) is 19.1 Å². The van der Waals surface area contributed by atoms with Crippen LogP contribution >= 0.6 is 23.1 Å². The van der Waals surface area contributed by atoms with Crippen LogP contribution in [-0.4, -0.2) is 34.1 Å². The molecule has 2 heterocycles. The zero-order valence-electron chi connectivity index (χ0n) is 21.3. The number of benzene rings is 3. The normalized spacial score (nSPS) is 16.6. The highest BCUT2D eigenvalue weighted by Crippen LogP contribution is 2.45. The molecule has 1 fully saturated rings. The monoisotopic (exact) mass is 561 g/mol. The third-order valence-corrected chi connectivity index (χ3v) is 8.52. The number of carbonyl (C=O) groups excluding carboxylic acids is 2. The van der Waals surface area contributed by atoms with Gasteiger partial charge in [-0.2, -0.15) is 0 Å². The summed E-state index contributed by atoms with van der Waals surface area (Å²) in [7, 11) is 1.52. The number of methoxy groups -OCH3 is 1. The van der Waals surface area contributed by atoms with Crippen LogP contribution in [0.25, 0.3) is 5.76 Å². The van der Waals surface area contributed by atoms with Crippen LogP contribution in [0.3, 0.4) is 0 Å². The summed E-state index contributed by atoms with van der Waals surface area (Å²) in [6.45, 7) is 3.71. The first-order chi connectivity index (χ1) is 18.8. The fraction of sp³-hybridized carbons (Fsp3) is 0.172. The molecule has 0 bridgehead atoms. The second kappa shape index (κ2) is 11.0. The lowest BCUT2D eigenvalue weighted by atomic mass is 9.93. The number of nitrogens with zero attached hydrogens (tertiary/aromatic N) is 3. The molecule has 1 N–H and O–H groups in total. The summed E-state index contributed by atoms with van der Waals surface area (Å²) < 4.78 is 20.0. The standard InChI is InChI=1S/C29H24FN3O4S2/c1-16-11-12-17(2)21(13-16)25(34)23-24(18-8-6-9-20(14-18)37-3)33(27(36)26(23)35)28-31-32-29(39-28)38-15-19-7-4-5-10-22(19)30/h4-14,24,34H,15H2,1-3H3/b25-23+. The topological polar surface area (TPSA) is 92.6 Å². The Morgan fingerprint density at radius 3 is 2.64 bits per heavy atom. The van der Waals surface area contributed by atoms with E-state index >= 15 is 0 Å². The molecule has 5 rings (SSSR count). The van der Waals surface area contributed by atoms with Crippen molar-refractivity contribution in [1.82, 2.24) is 10.2 Å². The number of ether oxygens (including phenoxy) is 1. The van der Waals surface area contributed by atoms with Crippen molar-refractivity contribution < 1.29 is 23.8 Å². The van der Waals surface area contributed by atoms with Gasteiger partial charge in [0.25, 0.3) is 5.78 Å². The average Bonchev–Trinajstić information content (AvgIpc) is 3.51. The van der Waals surface area contributed by atoms with Crippen molar-refractivity contribution in [2.24, 2.45) is 0 Å². The molecule has 1 unspecified atom stereocenters. The highest BCUT2D eigenvalue weighted by molar-refractivity contribution is 8.00. The van der Waals surface area contributed by atoms with E-state index in [4.69, 9.17) is 4.74 Å². The van der Waals surface area contributed by atoms with Crippen LogP contribution in [0.4, 0.5) is 9.52 Å². The van der Waals surface area contributed by atoms with Crippen molar-refractivity contribution >= 4 is 45.7 Å². The molecule has 1 aliphatic rings. The van der Waals surface area contributed by atoms with Crippen molar-refractivity contribution in [1.29, 1.82) is 0 Å². The summed E-state index contributed by atoms with van der Waals surface area (Å²) in [5, 5.41) is 20.0. The van der Waals surface area contributed by atoms with Gasteiger partial charge in [-0.05, 0) is 54.8 Å². The van der Waals surface area contributed by atoms with E-state index in [1.54, 1.807) is 48.5 Å². The molecule has 0 saturated carbocycles. The molecule has 1 amide bonds. The van der Waals surface area contributed by atoms with E-state index in [1.807, 2.05) is 26.0 Å². The van der Waals surface area contributed by atoms with Crippen LogP contribution in [0.15, 0.2) is 76.6 Å². The van der Waals surface area contributed by atoms with E-state index in [-0.39, 0.29) is 22.3 Å². The molecule has 10 heteroatoms. The quantitative estimate of drug-likeness (QED) is 0.0941. The smallest absolute Gasteiger partial charge is 0.301 e. The largest absolute Gasteiger partial charge is 0.507 e.